The van der Waals surface area contributed by atoms with Crippen molar-refractivity contribution >= 4 is 19.1 Å². The Kier molecular flexibility index (Phi) is 7.44. The highest BCUT2D eigenvalue weighted by molar-refractivity contribution is 6.76. The molecule has 0 aliphatic carbocycles. The summed E-state index contributed by atoms with van der Waals surface area (Å²) in [7, 11) is -1.14. The van der Waals surface area contributed by atoms with Crippen LogP contribution < -0.4 is 0 Å². The van der Waals surface area contributed by atoms with E-state index in [-0.39, 0.29) is 12.5 Å². The first-order valence-electron chi connectivity index (χ1n) is 12.7. The fourth-order valence-corrected chi connectivity index (χ4v) is 5.09. The summed E-state index contributed by atoms with van der Waals surface area (Å²) in [5.74, 6) is 0. The molecule has 5 aromatic rings. The van der Waals surface area contributed by atoms with Gasteiger partial charge in [-0.2, -0.15) is 10.4 Å². The monoisotopic (exact) mass is 521 g/mol. The number of hydrogen-bond donors (Lipinski definition) is 0. The Morgan fingerprint density at radius 1 is 0.947 bits per heavy atom. The largest absolute Gasteiger partial charge is 0.361 e. The van der Waals surface area contributed by atoms with Gasteiger partial charge in [0.1, 0.15) is 24.7 Å². The molecule has 5 rings (SSSR count). The fourth-order valence-electron chi connectivity index (χ4n) is 4.33. The summed E-state index contributed by atoms with van der Waals surface area (Å²) in [6.07, 6.45) is 9.37. The summed E-state index contributed by atoms with van der Waals surface area (Å²) in [4.78, 5) is 13.8. The number of ether oxygens (including phenoxy) is 1. The highest BCUT2D eigenvalue weighted by Crippen LogP contribution is 2.29. The lowest BCUT2D eigenvalue weighted by Crippen LogP contribution is -2.22. The maximum Gasteiger partial charge on any atom is 0.145 e. The molecule has 0 amide bonds. The fraction of sp³-hybridized carbons (Fsp3) is 0.276. The summed E-state index contributed by atoms with van der Waals surface area (Å²) >= 11 is 0. The van der Waals surface area contributed by atoms with Crippen molar-refractivity contribution in [1.29, 1.82) is 5.26 Å². The van der Waals surface area contributed by atoms with E-state index in [0.29, 0.717) is 6.73 Å². The van der Waals surface area contributed by atoms with Crippen LogP contribution in [0.2, 0.25) is 25.7 Å². The van der Waals surface area contributed by atoms with Gasteiger partial charge >= 0.3 is 0 Å². The molecule has 192 valence electrons. The number of fused-ring (bicyclic) bond motifs is 1. The number of rotatable bonds is 10. The third-order valence-electron chi connectivity index (χ3n) is 6.50. The molecule has 0 saturated carbocycles. The van der Waals surface area contributed by atoms with Gasteiger partial charge in [0.25, 0.3) is 0 Å². The Labute approximate surface area is 223 Å². The Balaban J connectivity index is 1.37. The smallest absolute Gasteiger partial charge is 0.145 e. The van der Waals surface area contributed by atoms with Gasteiger partial charge in [-0.1, -0.05) is 56.0 Å². The van der Waals surface area contributed by atoms with Crippen molar-refractivity contribution < 1.29 is 4.74 Å². The molecule has 0 spiro atoms. The van der Waals surface area contributed by atoms with Crippen molar-refractivity contribution in [2.45, 2.75) is 44.9 Å². The van der Waals surface area contributed by atoms with Gasteiger partial charge in [0, 0.05) is 49.8 Å². The number of benzene rings is 1. The number of hydrogen-bond acceptors (Lipinski definition) is 6. The van der Waals surface area contributed by atoms with Gasteiger partial charge in [0.2, 0.25) is 0 Å². The SMILES string of the molecule is C[Si](C)(C)CCOCn1ccc2c(-c3cnn(C(CC#N)c4ccc(-c5ccccc5)cn4)c3)ncnc21. The molecule has 1 atom stereocenters. The van der Waals surface area contributed by atoms with Gasteiger partial charge in [0.15, 0.2) is 0 Å². The second-order valence-electron chi connectivity index (χ2n) is 10.5. The van der Waals surface area contributed by atoms with Crippen LogP contribution in [0.15, 0.2) is 79.6 Å². The van der Waals surface area contributed by atoms with Crippen LogP contribution in [0.25, 0.3) is 33.4 Å². The Bertz CT molecular complexity index is 1550. The third kappa shape index (κ3) is 5.72. The normalized spacial score (nSPS) is 12.5. The zero-order chi connectivity index (χ0) is 26.5. The van der Waals surface area contributed by atoms with E-state index in [0.717, 1.165) is 51.8 Å². The first kappa shape index (κ1) is 25.5. The van der Waals surface area contributed by atoms with Crippen molar-refractivity contribution in [1.82, 2.24) is 29.3 Å². The first-order chi connectivity index (χ1) is 18.4. The molecular formula is C29H31N7OSi. The summed E-state index contributed by atoms with van der Waals surface area (Å²) < 4.78 is 9.74. The van der Waals surface area contributed by atoms with E-state index >= 15 is 0 Å². The zero-order valence-corrected chi connectivity index (χ0v) is 23.0. The lowest BCUT2D eigenvalue weighted by molar-refractivity contribution is 0.0899. The maximum absolute atomic E-state index is 9.54. The molecule has 4 aromatic heterocycles. The van der Waals surface area contributed by atoms with Crippen LogP contribution >= 0.6 is 0 Å². The van der Waals surface area contributed by atoms with E-state index in [1.165, 1.54) is 0 Å². The summed E-state index contributed by atoms with van der Waals surface area (Å²) in [6.45, 7) is 8.24. The molecule has 0 aliphatic heterocycles. The molecule has 8 nitrogen and oxygen atoms in total. The molecule has 38 heavy (non-hydrogen) atoms. The van der Waals surface area contributed by atoms with Crippen LogP contribution in [-0.2, 0) is 11.5 Å². The lowest BCUT2D eigenvalue weighted by atomic mass is 10.1. The van der Waals surface area contributed by atoms with E-state index in [1.807, 2.05) is 59.6 Å². The van der Waals surface area contributed by atoms with E-state index in [2.05, 4.69) is 57.9 Å². The topological polar surface area (TPSA) is 94.4 Å². The molecule has 0 bridgehead atoms. The molecule has 4 heterocycles. The molecule has 0 aliphatic rings. The predicted molar refractivity (Wildman–Crippen MR) is 151 cm³/mol. The minimum Gasteiger partial charge on any atom is -0.361 e. The quantitative estimate of drug-likeness (QED) is 0.161. The minimum atomic E-state index is -1.14. The van der Waals surface area contributed by atoms with Crippen LogP contribution in [0.5, 0.6) is 0 Å². The third-order valence-corrected chi connectivity index (χ3v) is 8.20. The number of nitriles is 1. The average Bonchev–Trinajstić information content (AvgIpc) is 3.57. The number of aromatic nitrogens is 6. The Morgan fingerprint density at radius 3 is 2.53 bits per heavy atom. The van der Waals surface area contributed by atoms with E-state index in [9.17, 15) is 5.26 Å². The molecule has 1 aromatic carbocycles. The number of pyridine rings is 1. The second-order valence-corrected chi connectivity index (χ2v) is 16.1. The second kappa shape index (κ2) is 11.1. The predicted octanol–water partition coefficient (Wildman–Crippen LogP) is 6.17. The van der Waals surface area contributed by atoms with Gasteiger partial charge in [-0.25, -0.2) is 9.97 Å². The first-order valence-corrected chi connectivity index (χ1v) is 16.4. The van der Waals surface area contributed by atoms with Crippen LogP contribution in [0, 0.1) is 11.3 Å². The average molecular weight is 522 g/mol. The highest BCUT2D eigenvalue weighted by atomic mass is 28.3. The standard InChI is InChI=1S/C29H31N7OSi/c1-38(2,3)16-15-37-21-35-14-12-25-28(32-20-33-29(25)35)24-18-34-36(19-24)27(11-13-30)26-10-9-23(17-31-26)22-7-5-4-6-8-22/h4-10,12,14,17-20,27H,11,15-16,21H2,1-3H3. The highest BCUT2D eigenvalue weighted by Gasteiger charge is 2.19. The van der Waals surface area contributed by atoms with Crippen LogP contribution in [0.3, 0.4) is 0 Å². The molecule has 9 heteroatoms. The van der Waals surface area contributed by atoms with Gasteiger partial charge in [-0.3, -0.25) is 9.67 Å². The van der Waals surface area contributed by atoms with Gasteiger partial charge in [-0.05, 0) is 23.7 Å². The summed E-state index contributed by atoms with van der Waals surface area (Å²) in [5.41, 5.74) is 5.40. The Morgan fingerprint density at radius 2 is 1.79 bits per heavy atom. The van der Waals surface area contributed by atoms with Gasteiger partial charge in [-0.15, -0.1) is 0 Å². The van der Waals surface area contributed by atoms with Crippen molar-refractivity contribution in [2.75, 3.05) is 6.61 Å². The lowest BCUT2D eigenvalue weighted by Gasteiger charge is -2.15. The van der Waals surface area contributed by atoms with Crippen molar-refractivity contribution in [3.8, 4) is 28.5 Å². The van der Waals surface area contributed by atoms with Gasteiger partial charge < -0.3 is 9.30 Å². The summed E-state index contributed by atoms with van der Waals surface area (Å²) in [6, 6.07) is 19.2. The van der Waals surface area contributed by atoms with Crippen LogP contribution in [0.1, 0.15) is 18.2 Å². The van der Waals surface area contributed by atoms with Crippen LogP contribution in [-0.4, -0.2) is 44.0 Å². The van der Waals surface area contributed by atoms with E-state index in [1.54, 1.807) is 17.2 Å². The molecule has 0 fully saturated rings. The van der Waals surface area contributed by atoms with Gasteiger partial charge in [0.05, 0.1) is 30.1 Å². The molecule has 0 radical (unpaired) electrons. The molecule has 1 unspecified atom stereocenters. The maximum atomic E-state index is 9.54. The summed E-state index contributed by atoms with van der Waals surface area (Å²) in [5, 5.41) is 15.1. The van der Waals surface area contributed by atoms with Crippen molar-refractivity contribution in [3.63, 3.8) is 0 Å². The number of nitrogens with zero attached hydrogens (tertiary/aromatic N) is 7. The van der Waals surface area contributed by atoms with E-state index in [4.69, 9.17) is 4.74 Å². The zero-order valence-electron chi connectivity index (χ0n) is 22.0. The van der Waals surface area contributed by atoms with E-state index < -0.39 is 8.07 Å². The molecular weight excluding hydrogens is 490 g/mol. The van der Waals surface area contributed by atoms with Crippen molar-refractivity contribution in [2.24, 2.45) is 0 Å². The molecule has 0 N–H and O–H groups in total. The Hall–Kier alpha value is -4.13. The molecule has 0 saturated heterocycles. The van der Waals surface area contributed by atoms with Crippen molar-refractivity contribution in [3.05, 3.63) is 85.3 Å². The minimum absolute atomic E-state index is 0.253. The van der Waals surface area contributed by atoms with Crippen LogP contribution in [0.4, 0.5) is 0 Å².